The molecule has 1 aromatic heterocycles. The minimum atomic E-state index is -0.822. The highest BCUT2D eigenvalue weighted by atomic mass is 32.1. The molecule has 6 nitrogen and oxygen atoms in total. The zero-order chi connectivity index (χ0) is 12.8. The van der Waals surface area contributed by atoms with Crippen LogP contribution in [0.4, 0.5) is 5.13 Å². The molecule has 0 fully saturated rings. The Hall–Kier alpha value is -1.63. The van der Waals surface area contributed by atoms with Gasteiger partial charge in [-0.1, -0.05) is 0 Å². The first-order chi connectivity index (χ1) is 8.04. The maximum Gasteiger partial charge on any atom is 0.357 e. The molecule has 0 unspecified atom stereocenters. The first-order valence-electron chi connectivity index (χ1n) is 5.06. The van der Waals surface area contributed by atoms with Gasteiger partial charge in [-0.3, -0.25) is 4.79 Å². The third-order valence-electron chi connectivity index (χ3n) is 2.02. The van der Waals surface area contributed by atoms with Gasteiger partial charge in [-0.25, -0.2) is 9.78 Å². The van der Waals surface area contributed by atoms with E-state index in [1.165, 1.54) is 18.4 Å². The minimum absolute atomic E-state index is 0.112. The lowest BCUT2D eigenvalue weighted by atomic mass is 10.3. The molecule has 0 aromatic carbocycles. The lowest BCUT2D eigenvalue weighted by Crippen LogP contribution is -2.06. The monoisotopic (exact) mass is 258 g/mol. The van der Waals surface area contributed by atoms with E-state index in [-0.39, 0.29) is 6.42 Å². The van der Waals surface area contributed by atoms with Crippen molar-refractivity contribution in [2.75, 3.05) is 19.0 Å². The number of carbonyl (C=O) groups is 2. The molecule has 17 heavy (non-hydrogen) atoms. The quantitative estimate of drug-likeness (QED) is 0.594. The fourth-order valence-electron chi connectivity index (χ4n) is 1.19. The average molecular weight is 258 g/mol. The van der Waals surface area contributed by atoms with Gasteiger partial charge in [0.15, 0.2) is 10.8 Å². The van der Waals surface area contributed by atoms with E-state index in [9.17, 15) is 9.59 Å². The molecular weight excluding hydrogens is 244 g/mol. The maximum atomic E-state index is 11.3. The van der Waals surface area contributed by atoms with E-state index in [4.69, 9.17) is 5.11 Å². The average Bonchev–Trinajstić information content (AvgIpc) is 2.65. The Labute approximate surface area is 103 Å². The molecule has 1 heterocycles. The Morgan fingerprint density at radius 3 is 2.82 bits per heavy atom. The summed E-state index contributed by atoms with van der Waals surface area (Å²) in [5.74, 6) is -1.28. The Balaban J connectivity index is 2.50. The van der Waals surface area contributed by atoms with Crippen LogP contribution in [-0.4, -0.2) is 35.7 Å². The summed E-state index contributed by atoms with van der Waals surface area (Å²) in [6.45, 7) is 2.30. The number of nitrogens with one attached hydrogen (secondary N) is 1. The topological polar surface area (TPSA) is 88.5 Å². The second-order valence-electron chi connectivity index (χ2n) is 3.34. The number of aryl methyl sites for hydroxylation is 1. The molecule has 94 valence electrons. The predicted molar refractivity (Wildman–Crippen MR) is 63.6 cm³/mol. The zero-order valence-electron chi connectivity index (χ0n) is 9.65. The summed E-state index contributed by atoms with van der Waals surface area (Å²) in [7, 11) is 1.31. The highest BCUT2D eigenvalue weighted by Crippen LogP contribution is 2.22. The van der Waals surface area contributed by atoms with Gasteiger partial charge in [0, 0.05) is 17.8 Å². The molecule has 0 saturated heterocycles. The van der Waals surface area contributed by atoms with Crippen LogP contribution in [0, 0.1) is 6.92 Å². The van der Waals surface area contributed by atoms with Crippen molar-refractivity contribution in [3.05, 3.63) is 10.6 Å². The van der Waals surface area contributed by atoms with Crippen molar-refractivity contribution in [2.24, 2.45) is 0 Å². The predicted octanol–water partition coefficient (Wildman–Crippen LogP) is 1.51. The first-order valence-corrected chi connectivity index (χ1v) is 5.87. The van der Waals surface area contributed by atoms with Crippen LogP contribution >= 0.6 is 11.3 Å². The third-order valence-corrected chi connectivity index (χ3v) is 2.95. The van der Waals surface area contributed by atoms with Gasteiger partial charge < -0.3 is 15.2 Å². The van der Waals surface area contributed by atoms with Crippen molar-refractivity contribution in [1.82, 2.24) is 4.98 Å². The van der Waals surface area contributed by atoms with Gasteiger partial charge in [0.05, 0.1) is 7.11 Å². The van der Waals surface area contributed by atoms with Crippen LogP contribution in [0.15, 0.2) is 0 Å². The van der Waals surface area contributed by atoms with Gasteiger partial charge in [0.1, 0.15) is 0 Å². The standard InChI is InChI=1S/C10H14N2O4S/c1-6-8(9(15)16-2)12-10(17-6)11-5-3-4-7(13)14/h3-5H2,1-2H3,(H,11,12)(H,13,14). The van der Waals surface area contributed by atoms with Gasteiger partial charge in [-0.2, -0.15) is 0 Å². The van der Waals surface area contributed by atoms with E-state index < -0.39 is 11.9 Å². The highest BCUT2D eigenvalue weighted by Gasteiger charge is 2.15. The largest absolute Gasteiger partial charge is 0.481 e. The fourth-order valence-corrected chi connectivity index (χ4v) is 2.02. The van der Waals surface area contributed by atoms with E-state index in [0.717, 1.165) is 4.88 Å². The second-order valence-corrected chi connectivity index (χ2v) is 4.54. The zero-order valence-corrected chi connectivity index (χ0v) is 10.5. The molecule has 0 amide bonds. The van der Waals surface area contributed by atoms with E-state index in [2.05, 4.69) is 15.0 Å². The summed E-state index contributed by atoms with van der Waals surface area (Å²) in [4.78, 5) is 26.4. The van der Waals surface area contributed by atoms with Gasteiger partial charge in [0.25, 0.3) is 0 Å². The van der Waals surface area contributed by atoms with Gasteiger partial charge in [-0.05, 0) is 13.3 Å². The summed E-state index contributed by atoms with van der Waals surface area (Å²) in [5, 5.41) is 12.0. The third kappa shape index (κ3) is 4.03. The van der Waals surface area contributed by atoms with Crippen molar-refractivity contribution >= 4 is 28.4 Å². The normalized spacial score (nSPS) is 10.0. The lowest BCUT2D eigenvalue weighted by Gasteiger charge is -1.99. The second kappa shape index (κ2) is 6.19. The molecular formula is C10H14N2O4S. The van der Waals surface area contributed by atoms with Gasteiger partial charge >= 0.3 is 11.9 Å². The van der Waals surface area contributed by atoms with Crippen molar-refractivity contribution in [3.63, 3.8) is 0 Å². The smallest absolute Gasteiger partial charge is 0.357 e. The fraction of sp³-hybridized carbons (Fsp3) is 0.500. The summed E-state index contributed by atoms with van der Waals surface area (Å²) < 4.78 is 4.59. The molecule has 1 aromatic rings. The number of ether oxygens (including phenoxy) is 1. The molecule has 1 rings (SSSR count). The van der Waals surface area contributed by atoms with Crippen LogP contribution < -0.4 is 5.32 Å². The molecule has 0 aliphatic heterocycles. The van der Waals surface area contributed by atoms with Gasteiger partial charge in [0.2, 0.25) is 0 Å². The molecule has 2 N–H and O–H groups in total. The van der Waals surface area contributed by atoms with E-state index in [0.29, 0.717) is 23.8 Å². The number of methoxy groups -OCH3 is 1. The van der Waals surface area contributed by atoms with E-state index in [1.54, 1.807) is 6.92 Å². The number of hydrogen-bond acceptors (Lipinski definition) is 6. The number of thiazole rings is 1. The lowest BCUT2D eigenvalue weighted by molar-refractivity contribution is -0.137. The van der Waals surface area contributed by atoms with Crippen molar-refractivity contribution in [1.29, 1.82) is 0 Å². The molecule has 0 aliphatic rings. The summed E-state index contributed by atoms with van der Waals surface area (Å²) in [5.41, 5.74) is 0.304. The number of aromatic nitrogens is 1. The first kappa shape index (κ1) is 13.4. The SMILES string of the molecule is COC(=O)c1nc(NCCCC(=O)O)sc1C. The molecule has 7 heteroatoms. The minimum Gasteiger partial charge on any atom is -0.481 e. The van der Waals surface area contributed by atoms with E-state index in [1.807, 2.05) is 0 Å². The number of carboxylic acids is 1. The van der Waals surface area contributed by atoms with Crippen LogP contribution in [0.2, 0.25) is 0 Å². The number of carboxylic acid groups (broad SMARTS) is 1. The number of aliphatic carboxylic acids is 1. The Morgan fingerprint density at radius 1 is 1.53 bits per heavy atom. The molecule has 0 radical (unpaired) electrons. The molecule has 0 saturated carbocycles. The van der Waals surface area contributed by atoms with Crippen molar-refractivity contribution in [2.45, 2.75) is 19.8 Å². The van der Waals surface area contributed by atoms with Crippen LogP contribution in [0.3, 0.4) is 0 Å². The molecule has 0 bridgehead atoms. The molecule has 0 spiro atoms. The number of nitrogens with zero attached hydrogens (tertiary/aromatic N) is 1. The number of carbonyl (C=O) groups excluding carboxylic acids is 1. The summed E-state index contributed by atoms with van der Waals surface area (Å²) in [6, 6.07) is 0. The van der Waals surface area contributed by atoms with E-state index >= 15 is 0 Å². The molecule has 0 aliphatic carbocycles. The van der Waals surface area contributed by atoms with Crippen LogP contribution in [0.25, 0.3) is 0 Å². The Kier molecular flexibility index (Phi) is 4.89. The van der Waals surface area contributed by atoms with Crippen LogP contribution in [0.1, 0.15) is 28.2 Å². The number of rotatable bonds is 6. The number of esters is 1. The van der Waals surface area contributed by atoms with Crippen molar-refractivity contribution in [3.8, 4) is 0 Å². The summed E-state index contributed by atoms with van der Waals surface area (Å²) >= 11 is 1.35. The highest BCUT2D eigenvalue weighted by molar-refractivity contribution is 7.15. The molecule has 0 atom stereocenters. The Bertz CT molecular complexity index is 416. The Morgan fingerprint density at radius 2 is 2.24 bits per heavy atom. The number of hydrogen-bond donors (Lipinski definition) is 2. The van der Waals surface area contributed by atoms with Gasteiger partial charge in [-0.15, -0.1) is 11.3 Å². The number of anilines is 1. The van der Waals surface area contributed by atoms with Crippen LogP contribution in [-0.2, 0) is 9.53 Å². The van der Waals surface area contributed by atoms with Crippen molar-refractivity contribution < 1.29 is 19.4 Å². The summed E-state index contributed by atoms with van der Waals surface area (Å²) in [6.07, 6.45) is 0.628. The maximum absolute atomic E-state index is 11.3. The van der Waals surface area contributed by atoms with Crippen LogP contribution in [0.5, 0.6) is 0 Å².